The summed E-state index contributed by atoms with van der Waals surface area (Å²) in [6.45, 7) is 8.55. The van der Waals surface area contributed by atoms with Gasteiger partial charge in [0.1, 0.15) is 5.75 Å². The smallest absolute Gasteiger partial charge is 0.261 e. The molecule has 0 aliphatic carbocycles. The van der Waals surface area contributed by atoms with Crippen molar-refractivity contribution in [3.05, 3.63) is 28.7 Å². The summed E-state index contributed by atoms with van der Waals surface area (Å²) < 4.78 is 6.52. The van der Waals surface area contributed by atoms with E-state index in [-0.39, 0.29) is 5.91 Å². The molecule has 0 aromatic heterocycles. The van der Waals surface area contributed by atoms with E-state index < -0.39 is 17.2 Å². The summed E-state index contributed by atoms with van der Waals surface area (Å²) in [5.74, 6) is 0.358. The van der Waals surface area contributed by atoms with E-state index in [1.807, 2.05) is 12.1 Å². The number of carbonyl (C=O) groups excluding carboxylic acids is 1. The normalized spacial score (nSPS) is 13.8. The fourth-order valence-corrected chi connectivity index (χ4v) is 1.60. The van der Waals surface area contributed by atoms with Crippen LogP contribution < -0.4 is 10.1 Å². The molecule has 0 bridgehead atoms. The van der Waals surface area contributed by atoms with Crippen molar-refractivity contribution in [1.29, 1.82) is 0 Å². The zero-order valence-electron chi connectivity index (χ0n) is 12.5. The molecule has 2 N–H and O–H groups in total. The van der Waals surface area contributed by atoms with Gasteiger partial charge in [-0.25, -0.2) is 0 Å². The number of rotatable bonds is 5. The summed E-state index contributed by atoms with van der Waals surface area (Å²) >= 11 is 3.34. The van der Waals surface area contributed by atoms with Crippen molar-refractivity contribution >= 4 is 21.8 Å². The van der Waals surface area contributed by atoms with E-state index in [1.54, 1.807) is 46.8 Å². The van der Waals surface area contributed by atoms with E-state index in [9.17, 15) is 9.90 Å². The predicted molar refractivity (Wildman–Crippen MR) is 82.8 cm³/mol. The lowest BCUT2D eigenvalue weighted by molar-refractivity contribution is -0.132. The molecule has 0 aliphatic heterocycles. The Balaban J connectivity index is 2.66. The highest BCUT2D eigenvalue weighted by molar-refractivity contribution is 9.10. The molecule has 0 saturated heterocycles. The van der Waals surface area contributed by atoms with Gasteiger partial charge >= 0.3 is 0 Å². The lowest BCUT2D eigenvalue weighted by Gasteiger charge is -2.38. The molecule has 0 heterocycles. The number of carbonyl (C=O) groups is 1. The number of benzene rings is 1. The Morgan fingerprint density at radius 2 is 1.75 bits per heavy atom. The Hall–Kier alpha value is -1.07. The molecule has 1 atom stereocenters. The van der Waals surface area contributed by atoms with Gasteiger partial charge in [0.15, 0.2) is 6.10 Å². The van der Waals surface area contributed by atoms with Crippen molar-refractivity contribution in [3.63, 3.8) is 0 Å². The van der Waals surface area contributed by atoms with Crippen molar-refractivity contribution in [2.45, 2.75) is 51.9 Å². The molecule has 0 aliphatic rings. The van der Waals surface area contributed by atoms with Crippen molar-refractivity contribution in [3.8, 4) is 5.75 Å². The fraction of sp³-hybridized carbons (Fsp3) is 0.533. The lowest BCUT2D eigenvalue weighted by Crippen LogP contribution is -2.59. The van der Waals surface area contributed by atoms with Crippen molar-refractivity contribution < 1.29 is 14.6 Å². The van der Waals surface area contributed by atoms with Crippen molar-refractivity contribution in [2.75, 3.05) is 0 Å². The van der Waals surface area contributed by atoms with Gasteiger partial charge in [0.25, 0.3) is 5.91 Å². The highest BCUT2D eigenvalue weighted by Crippen LogP contribution is 2.21. The van der Waals surface area contributed by atoms with Crippen LogP contribution in [0.3, 0.4) is 0 Å². The molecule has 1 aromatic rings. The van der Waals surface area contributed by atoms with Gasteiger partial charge in [-0.15, -0.1) is 0 Å². The molecule has 1 unspecified atom stereocenters. The highest BCUT2D eigenvalue weighted by Gasteiger charge is 2.37. The molecule has 4 nitrogen and oxygen atoms in total. The van der Waals surface area contributed by atoms with Gasteiger partial charge in [0, 0.05) is 4.47 Å². The van der Waals surface area contributed by atoms with Crippen molar-refractivity contribution in [2.24, 2.45) is 0 Å². The van der Waals surface area contributed by atoms with Crippen LogP contribution in [0.1, 0.15) is 34.6 Å². The monoisotopic (exact) mass is 343 g/mol. The lowest BCUT2D eigenvalue weighted by atomic mass is 9.86. The van der Waals surface area contributed by atoms with E-state index in [0.29, 0.717) is 5.75 Å². The van der Waals surface area contributed by atoms with Crippen LogP contribution in [0.25, 0.3) is 0 Å². The van der Waals surface area contributed by atoms with E-state index in [2.05, 4.69) is 21.2 Å². The highest BCUT2D eigenvalue weighted by atomic mass is 79.9. The second-order valence-corrected chi connectivity index (χ2v) is 6.80. The number of hydrogen-bond acceptors (Lipinski definition) is 3. The van der Waals surface area contributed by atoms with E-state index in [1.165, 1.54) is 0 Å². The maximum Gasteiger partial charge on any atom is 0.261 e. The molecule has 1 amide bonds. The average Bonchev–Trinajstić information content (AvgIpc) is 2.30. The summed E-state index contributed by atoms with van der Waals surface area (Å²) in [7, 11) is 0. The number of aliphatic hydroxyl groups is 1. The van der Waals surface area contributed by atoms with Gasteiger partial charge < -0.3 is 15.2 Å². The Bertz CT molecular complexity index is 463. The SMILES string of the molecule is CC(Oc1ccc(Br)cc1)C(=O)NC(C)(C)C(C)(C)O. The Morgan fingerprint density at radius 1 is 1.25 bits per heavy atom. The first kappa shape index (κ1) is 17.0. The van der Waals surface area contributed by atoms with Crippen LogP contribution in [-0.4, -0.2) is 28.3 Å². The van der Waals surface area contributed by atoms with Gasteiger partial charge in [0.05, 0.1) is 11.1 Å². The molecule has 1 rings (SSSR count). The zero-order chi connectivity index (χ0) is 15.6. The summed E-state index contributed by atoms with van der Waals surface area (Å²) in [6, 6.07) is 7.27. The topological polar surface area (TPSA) is 58.6 Å². The van der Waals surface area contributed by atoms with Crippen LogP contribution in [0, 0.1) is 0 Å². The number of ether oxygens (including phenoxy) is 1. The molecule has 0 saturated carbocycles. The molecule has 0 fully saturated rings. The minimum Gasteiger partial charge on any atom is -0.481 e. The second-order valence-electron chi connectivity index (χ2n) is 5.89. The van der Waals surface area contributed by atoms with Gasteiger partial charge in [0.2, 0.25) is 0 Å². The van der Waals surface area contributed by atoms with Crippen LogP contribution in [0.4, 0.5) is 0 Å². The van der Waals surface area contributed by atoms with Gasteiger partial charge in [-0.3, -0.25) is 4.79 Å². The quantitative estimate of drug-likeness (QED) is 0.864. The molecular formula is C15H22BrNO3. The molecular weight excluding hydrogens is 322 g/mol. The van der Waals surface area contributed by atoms with Crippen LogP contribution >= 0.6 is 15.9 Å². The number of nitrogens with one attached hydrogen (secondary N) is 1. The summed E-state index contributed by atoms with van der Waals surface area (Å²) in [6.07, 6.45) is -0.641. The summed E-state index contributed by atoms with van der Waals surface area (Å²) in [4.78, 5) is 12.1. The number of amides is 1. The maximum atomic E-state index is 12.1. The van der Waals surface area contributed by atoms with Crippen LogP contribution in [0.5, 0.6) is 5.75 Å². The first-order chi connectivity index (χ1) is 9.03. The predicted octanol–water partition coefficient (Wildman–Crippen LogP) is 2.88. The average molecular weight is 344 g/mol. The molecule has 20 heavy (non-hydrogen) atoms. The Labute approximate surface area is 128 Å². The van der Waals surface area contributed by atoms with Crippen LogP contribution in [0.2, 0.25) is 0 Å². The van der Waals surface area contributed by atoms with E-state index in [4.69, 9.17) is 4.74 Å². The van der Waals surface area contributed by atoms with Gasteiger partial charge in [-0.05, 0) is 58.9 Å². The molecule has 1 aromatic carbocycles. The third-order valence-corrected chi connectivity index (χ3v) is 3.99. The molecule has 0 spiro atoms. The first-order valence-electron chi connectivity index (χ1n) is 6.49. The fourth-order valence-electron chi connectivity index (χ4n) is 1.33. The van der Waals surface area contributed by atoms with Gasteiger partial charge in [-0.2, -0.15) is 0 Å². The van der Waals surface area contributed by atoms with Crippen LogP contribution in [0.15, 0.2) is 28.7 Å². The molecule has 112 valence electrons. The van der Waals surface area contributed by atoms with E-state index in [0.717, 1.165) is 4.47 Å². The zero-order valence-corrected chi connectivity index (χ0v) is 14.1. The van der Waals surface area contributed by atoms with Crippen molar-refractivity contribution in [1.82, 2.24) is 5.32 Å². The first-order valence-corrected chi connectivity index (χ1v) is 7.29. The Morgan fingerprint density at radius 3 is 2.20 bits per heavy atom. The molecule has 0 radical (unpaired) electrons. The van der Waals surface area contributed by atoms with Gasteiger partial charge in [-0.1, -0.05) is 15.9 Å². The van der Waals surface area contributed by atoms with E-state index >= 15 is 0 Å². The summed E-state index contributed by atoms with van der Waals surface area (Å²) in [5.41, 5.74) is -1.78. The minimum absolute atomic E-state index is 0.264. The third-order valence-electron chi connectivity index (χ3n) is 3.46. The third kappa shape index (κ3) is 4.49. The Kier molecular flexibility index (Phi) is 5.21. The maximum absolute atomic E-state index is 12.1. The van der Waals surface area contributed by atoms with Crippen LogP contribution in [-0.2, 0) is 4.79 Å². The number of halogens is 1. The summed E-state index contributed by atoms with van der Waals surface area (Å²) in [5, 5.41) is 12.8. The molecule has 5 heteroatoms. The largest absolute Gasteiger partial charge is 0.481 e. The standard InChI is InChI=1S/C15H22BrNO3/c1-10(20-12-8-6-11(16)7-9-12)13(18)17-14(2,3)15(4,5)19/h6-10,19H,1-5H3,(H,17,18). The number of hydrogen-bond donors (Lipinski definition) is 2. The second kappa shape index (κ2) is 6.14. The minimum atomic E-state index is -1.03.